The van der Waals surface area contributed by atoms with Gasteiger partial charge in [0, 0.05) is 12.0 Å². The predicted octanol–water partition coefficient (Wildman–Crippen LogP) is 7.32. The maximum atomic E-state index is 12.6. The maximum absolute atomic E-state index is 12.6. The highest BCUT2D eigenvalue weighted by Crippen LogP contribution is 2.35. The lowest BCUT2D eigenvalue weighted by molar-refractivity contribution is -0.129. The first-order valence-electron chi connectivity index (χ1n) is 12.4. The molecule has 4 aromatic rings. The minimum Gasteiger partial charge on any atom is -0.490 e. The number of rotatable bonds is 9. The van der Waals surface area contributed by atoms with Crippen LogP contribution in [0, 0.1) is 3.57 Å². The van der Waals surface area contributed by atoms with Crippen molar-refractivity contribution < 1.29 is 19.0 Å². The largest absolute Gasteiger partial charge is 0.490 e. The predicted molar refractivity (Wildman–Crippen MR) is 158 cm³/mol. The van der Waals surface area contributed by atoms with Crippen LogP contribution < -0.4 is 9.47 Å². The van der Waals surface area contributed by atoms with Gasteiger partial charge in [0.05, 0.1) is 16.8 Å². The summed E-state index contributed by atoms with van der Waals surface area (Å²) in [6, 6.07) is 32.0. The summed E-state index contributed by atoms with van der Waals surface area (Å²) in [6.45, 7) is 2.96. The minimum atomic E-state index is -0.483. The maximum Gasteiger partial charge on any atom is 0.363 e. The van der Waals surface area contributed by atoms with Crippen molar-refractivity contribution in [3.8, 4) is 22.6 Å². The van der Waals surface area contributed by atoms with Crippen LogP contribution in [0.1, 0.15) is 23.6 Å². The van der Waals surface area contributed by atoms with E-state index in [1.54, 1.807) is 6.08 Å². The van der Waals surface area contributed by atoms with Crippen LogP contribution in [0.2, 0.25) is 0 Å². The Morgan fingerprint density at radius 1 is 0.842 bits per heavy atom. The van der Waals surface area contributed by atoms with Crippen molar-refractivity contribution in [3.63, 3.8) is 0 Å². The summed E-state index contributed by atoms with van der Waals surface area (Å²) in [5.41, 5.74) is 5.18. The van der Waals surface area contributed by atoms with E-state index in [2.05, 4.69) is 51.8 Å². The fourth-order valence-electron chi connectivity index (χ4n) is 4.12. The Bertz CT molecular complexity index is 1480. The van der Waals surface area contributed by atoms with E-state index in [0.717, 1.165) is 32.2 Å². The van der Waals surface area contributed by atoms with Crippen LogP contribution in [-0.4, -0.2) is 25.1 Å². The summed E-state index contributed by atoms with van der Waals surface area (Å²) in [5.74, 6) is 1.14. The van der Waals surface area contributed by atoms with Crippen LogP contribution in [-0.2, 0) is 16.0 Å². The molecule has 0 aliphatic carbocycles. The third kappa shape index (κ3) is 6.14. The average Bonchev–Trinajstić information content (AvgIpc) is 3.31. The summed E-state index contributed by atoms with van der Waals surface area (Å²) in [4.78, 5) is 17.1. The van der Waals surface area contributed by atoms with Crippen molar-refractivity contribution in [2.45, 2.75) is 13.3 Å². The van der Waals surface area contributed by atoms with Gasteiger partial charge in [0.1, 0.15) is 0 Å². The van der Waals surface area contributed by atoms with Crippen molar-refractivity contribution in [2.75, 3.05) is 13.2 Å². The number of carbonyl (C=O) groups excluding carboxylic acids is 1. The van der Waals surface area contributed by atoms with Crippen LogP contribution in [0.15, 0.2) is 108 Å². The lowest BCUT2D eigenvalue weighted by atomic mass is 10.0. The second-order valence-electron chi connectivity index (χ2n) is 8.63. The molecule has 1 aliphatic rings. The monoisotopic (exact) mass is 615 g/mol. The van der Waals surface area contributed by atoms with E-state index in [1.807, 2.05) is 79.7 Å². The number of esters is 1. The number of nitrogens with zero attached hydrogens (tertiary/aromatic N) is 1. The van der Waals surface area contributed by atoms with Gasteiger partial charge in [-0.3, -0.25) is 0 Å². The van der Waals surface area contributed by atoms with E-state index in [-0.39, 0.29) is 5.70 Å². The fourth-order valence-corrected chi connectivity index (χ4v) is 4.90. The van der Waals surface area contributed by atoms with Gasteiger partial charge in [0.2, 0.25) is 5.90 Å². The molecule has 0 saturated carbocycles. The van der Waals surface area contributed by atoms with Crippen molar-refractivity contribution >= 4 is 40.5 Å². The van der Waals surface area contributed by atoms with Crippen molar-refractivity contribution in [1.82, 2.24) is 0 Å². The molecule has 190 valence electrons. The molecular weight excluding hydrogens is 589 g/mol. The highest BCUT2D eigenvalue weighted by molar-refractivity contribution is 14.1. The Labute approximate surface area is 235 Å². The molecule has 0 radical (unpaired) electrons. The topological polar surface area (TPSA) is 57.1 Å². The van der Waals surface area contributed by atoms with Crippen LogP contribution in [0.3, 0.4) is 0 Å². The smallest absolute Gasteiger partial charge is 0.363 e. The molecule has 4 aromatic carbocycles. The van der Waals surface area contributed by atoms with Crippen molar-refractivity contribution in [2.24, 2.45) is 4.99 Å². The average molecular weight is 615 g/mol. The molecule has 0 spiro atoms. The van der Waals surface area contributed by atoms with Crippen LogP contribution >= 0.6 is 22.6 Å². The summed E-state index contributed by atoms with van der Waals surface area (Å²) < 4.78 is 18.4. The van der Waals surface area contributed by atoms with Gasteiger partial charge in [-0.05, 0) is 82.1 Å². The summed E-state index contributed by atoms with van der Waals surface area (Å²) in [5, 5.41) is 0. The van der Waals surface area contributed by atoms with E-state index >= 15 is 0 Å². The quantitative estimate of drug-likeness (QED) is 0.113. The first-order chi connectivity index (χ1) is 18.6. The molecule has 1 heterocycles. The number of carbonyl (C=O) groups is 1. The molecule has 5 nitrogen and oxygen atoms in total. The lowest BCUT2D eigenvalue weighted by Crippen LogP contribution is -2.06. The number of cyclic esters (lactones) is 1. The Kier molecular flexibility index (Phi) is 8.19. The zero-order valence-corrected chi connectivity index (χ0v) is 23.1. The molecule has 1 aliphatic heterocycles. The number of hydrogen-bond acceptors (Lipinski definition) is 5. The first kappa shape index (κ1) is 25.7. The fraction of sp³-hybridized carbons (Fsp3) is 0.125. The molecule has 0 unspecified atom stereocenters. The van der Waals surface area contributed by atoms with Gasteiger partial charge in [-0.15, -0.1) is 0 Å². The van der Waals surface area contributed by atoms with Crippen LogP contribution in [0.25, 0.3) is 17.2 Å². The van der Waals surface area contributed by atoms with Gasteiger partial charge in [-0.25, -0.2) is 9.79 Å². The van der Waals surface area contributed by atoms with E-state index in [9.17, 15) is 4.79 Å². The van der Waals surface area contributed by atoms with E-state index in [4.69, 9.17) is 14.2 Å². The molecule has 0 atom stereocenters. The molecule has 0 amide bonds. The number of ether oxygens (including phenoxy) is 3. The van der Waals surface area contributed by atoms with Crippen molar-refractivity contribution in [3.05, 3.63) is 123 Å². The minimum absolute atomic E-state index is 0.239. The SMILES string of the molecule is CCOc1cc(/C=C2\N=C(c3ccc(-c4ccccc4)cc3)OC2=O)cc(I)c1OCCc1ccccc1. The molecule has 0 N–H and O–H groups in total. The Hall–Kier alpha value is -3.91. The third-order valence-electron chi connectivity index (χ3n) is 5.97. The summed E-state index contributed by atoms with van der Waals surface area (Å²) >= 11 is 2.23. The second kappa shape index (κ2) is 12.1. The second-order valence-corrected chi connectivity index (χ2v) is 9.79. The lowest BCUT2D eigenvalue weighted by Gasteiger charge is -2.15. The summed E-state index contributed by atoms with van der Waals surface area (Å²) in [7, 11) is 0. The molecule has 38 heavy (non-hydrogen) atoms. The Balaban J connectivity index is 1.34. The van der Waals surface area contributed by atoms with Gasteiger partial charge in [-0.2, -0.15) is 0 Å². The van der Waals surface area contributed by atoms with Gasteiger partial charge in [-0.1, -0.05) is 72.8 Å². The van der Waals surface area contributed by atoms with Crippen LogP contribution in [0.5, 0.6) is 11.5 Å². The van der Waals surface area contributed by atoms with Crippen LogP contribution in [0.4, 0.5) is 0 Å². The molecular formula is C32H26INO4. The standard InChI is InChI=1S/C32H26INO4/c1-2-36-29-21-23(19-27(33)30(29)37-18-17-22-9-5-3-6-10-22)20-28-32(35)38-31(34-28)26-15-13-25(14-16-26)24-11-7-4-8-12-24/h3-16,19-21H,2,17-18H2,1H3/b28-20-. The van der Waals surface area contributed by atoms with Crippen molar-refractivity contribution in [1.29, 1.82) is 0 Å². The first-order valence-corrected chi connectivity index (χ1v) is 13.5. The zero-order valence-electron chi connectivity index (χ0n) is 20.9. The molecule has 0 aromatic heterocycles. The number of benzene rings is 4. The molecule has 0 bridgehead atoms. The van der Waals surface area contributed by atoms with E-state index in [1.165, 1.54) is 5.56 Å². The molecule has 5 rings (SSSR count). The molecule has 0 saturated heterocycles. The van der Waals surface area contributed by atoms with E-state index < -0.39 is 5.97 Å². The number of hydrogen-bond donors (Lipinski definition) is 0. The van der Waals surface area contributed by atoms with Gasteiger partial charge in [0.15, 0.2) is 17.2 Å². The number of aliphatic imine (C=N–C) groups is 1. The van der Waals surface area contributed by atoms with Gasteiger partial charge >= 0.3 is 5.97 Å². The van der Waals surface area contributed by atoms with Gasteiger partial charge in [0.25, 0.3) is 0 Å². The van der Waals surface area contributed by atoms with E-state index in [0.29, 0.717) is 30.6 Å². The normalized spacial score (nSPS) is 13.8. The summed E-state index contributed by atoms with van der Waals surface area (Å²) in [6.07, 6.45) is 2.51. The molecule has 0 fully saturated rings. The Morgan fingerprint density at radius 3 is 2.21 bits per heavy atom. The molecule has 6 heteroatoms. The third-order valence-corrected chi connectivity index (χ3v) is 6.78. The highest BCUT2D eigenvalue weighted by atomic mass is 127. The number of halogens is 1. The van der Waals surface area contributed by atoms with Gasteiger partial charge < -0.3 is 14.2 Å². The highest BCUT2D eigenvalue weighted by Gasteiger charge is 2.24. The Morgan fingerprint density at radius 2 is 1.50 bits per heavy atom. The zero-order chi connectivity index (χ0) is 26.3.